The lowest BCUT2D eigenvalue weighted by atomic mass is 9.83. The third-order valence-electron chi connectivity index (χ3n) is 4.67. The van der Waals surface area contributed by atoms with Crippen LogP contribution in [0.3, 0.4) is 0 Å². The lowest BCUT2D eigenvalue weighted by molar-refractivity contribution is 0.241. The molecule has 0 aliphatic heterocycles. The number of rotatable bonds is 3. The Morgan fingerprint density at radius 1 is 1.26 bits per heavy atom. The van der Waals surface area contributed by atoms with E-state index in [0.29, 0.717) is 11.4 Å². The Morgan fingerprint density at radius 2 is 2.00 bits per heavy atom. The number of anilines is 1. The normalized spacial score (nSPS) is 18.2. The van der Waals surface area contributed by atoms with E-state index in [1.165, 1.54) is 32.1 Å². The van der Waals surface area contributed by atoms with Crippen LogP contribution in [0.4, 0.5) is 5.95 Å². The molecule has 2 aromatic heterocycles. The topological polar surface area (TPSA) is 56.7 Å². The van der Waals surface area contributed by atoms with E-state index in [-0.39, 0.29) is 0 Å². The smallest absolute Gasteiger partial charge is 0.202 e. The molecule has 0 spiro atoms. The first-order valence-electron chi connectivity index (χ1n) is 7.23. The molecule has 4 heteroatoms. The summed E-state index contributed by atoms with van der Waals surface area (Å²) in [6, 6.07) is 4.00. The Hall–Kier alpha value is -1.58. The summed E-state index contributed by atoms with van der Waals surface area (Å²) in [5.41, 5.74) is 9.37. The number of imidazole rings is 1. The molecule has 1 saturated carbocycles. The van der Waals surface area contributed by atoms with E-state index in [2.05, 4.69) is 21.5 Å². The van der Waals surface area contributed by atoms with E-state index in [0.717, 1.165) is 23.4 Å². The fourth-order valence-electron chi connectivity index (χ4n) is 3.35. The fourth-order valence-corrected chi connectivity index (χ4v) is 3.35. The molecule has 0 bridgehead atoms. The molecular formula is C15H22N4. The molecule has 1 aliphatic carbocycles. The summed E-state index contributed by atoms with van der Waals surface area (Å²) in [5.74, 6) is 0.604. The Morgan fingerprint density at radius 3 is 2.68 bits per heavy atom. The number of aryl methyl sites for hydroxylation is 1. The Labute approximate surface area is 114 Å². The number of nitrogens with zero attached hydrogens (tertiary/aromatic N) is 3. The van der Waals surface area contributed by atoms with Crippen molar-refractivity contribution in [3.8, 4) is 0 Å². The van der Waals surface area contributed by atoms with Crippen molar-refractivity contribution >= 4 is 17.1 Å². The first kappa shape index (κ1) is 12.5. The van der Waals surface area contributed by atoms with Gasteiger partial charge < -0.3 is 5.73 Å². The monoisotopic (exact) mass is 258 g/mol. The Kier molecular flexibility index (Phi) is 2.96. The van der Waals surface area contributed by atoms with Gasteiger partial charge in [-0.1, -0.05) is 19.8 Å². The van der Waals surface area contributed by atoms with E-state index < -0.39 is 0 Å². The van der Waals surface area contributed by atoms with Crippen LogP contribution in [-0.2, 0) is 6.54 Å². The molecule has 2 heterocycles. The van der Waals surface area contributed by atoms with Crippen molar-refractivity contribution in [3.05, 3.63) is 17.8 Å². The van der Waals surface area contributed by atoms with Crippen LogP contribution in [-0.4, -0.2) is 14.5 Å². The highest BCUT2D eigenvalue weighted by molar-refractivity contribution is 5.74. The van der Waals surface area contributed by atoms with Crippen LogP contribution in [0.25, 0.3) is 11.2 Å². The summed E-state index contributed by atoms with van der Waals surface area (Å²) in [7, 11) is 0. The first-order chi connectivity index (χ1) is 9.13. The van der Waals surface area contributed by atoms with Gasteiger partial charge in [-0.3, -0.25) is 4.57 Å². The van der Waals surface area contributed by atoms with Crippen molar-refractivity contribution in [2.75, 3.05) is 5.73 Å². The molecule has 0 radical (unpaired) electrons. The van der Waals surface area contributed by atoms with Gasteiger partial charge in [0.15, 0.2) is 5.65 Å². The maximum absolute atomic E-state index is 6.11. The predicted molar refractivity (Wildman–Crippen MR) is 77.9 cm³/mol. The molecule has 2 N–H and O–H groups in total. The van der Waals surface area contributed by atoms with Crippen molar-refractivity contribution in [1.29, 1.82) is 0 Å². The van der Waals surface area contributed by atoms with Gasteiger partial charge in [-0.05, 0) is 43.7 Å². The third kappa shape index (κ3) is 2.09. The number of aromatic nitrogens is 3. The standard InChI is InChI=1S/C15H22N4/c1-3-15(8-4-5-9-15)10-19-13-12(18-14(19)16)7-6-11(2)17-13/h6-7H,3-5,8-10H2,1-2H3,(H2,16,18). The van der Waals surface area contributed by atoms with E-state index in [4.69, 9.17) is 5.73 Å². The predicted octanol–water partition coefficient (Wildman–Crippen LogP) is 3.29. The van der Waals surface area contributed by atoms with E-state index in [1.54, 1.807) is 0 Å². The fraction of sp³-hybridized carbons (Fsp3) is 0.600. The van der Waals surface area contributed by atoms with E-state index in [9.17, 15) is 0 Å². The molecule has 0 unspecified atom stereocenters. The molecule has 19 heavy (non-hydrogen) atoms. The van der Waals surface area contributed by atoms with Crippen LogP contribution in [0, 0.1) is 12.3 Å². The minimum atomic E-state index is 0.396. The summed E-state index contributed by atoms with van der Waals surface area (Å²) < 4.78 is 2.12. The molecule has 0 amide bonds. The third-order valence-corrected chi connectivity index (χ3v) is 4.67. The van der Waals surface area contributed by atoms with Crippen LogP contribution in [0.15, 0.2) is 12.1 Å². The second-order valence-electron chi connectivity index (χ2n) is 5.91. The number of fused-ring (bicyclic) bond motifs is 1. The van der Waals surface area contributed by atoms with E-state index >= 15 is 0 Å². The summed E-state index contributed by atoms with van der Waals surface area (Å²) >= 11 is 0. The second kappa shape index (κ2) is 4.51. The molecule has 2 aromatic rings. The van der Waals surface area contributed by atoms with Gasteiger partial charge in [-0.25, -0.2) is 9.97 Å². The highest BCUT2D eigenvalue weighted by Crippen LogP contribution is 2.43. The molecule has 3 rings (SSSR count). The lowest BCUT2D eigenvalue weighted by Crippen LogP contribution is -2.23. The van der Waals surface area contributed by atoms with Crippen molar-refractivity contribution in [2.24, 2.45) is 5.41 Å². The van der Waals surface area contributed by atoms with Crippen molar-refractivity contribution in [1.82, 2.24) is 14.5 Å². The zero-order valence-corrected chi connectivity index (χ0v) is 11.8. The van der Waals surface area contributed by atoms with Gasteiger partial charge in [0.25, 0.3) is 0 Å². The minimum Gasteiger partial charge on any atom is -0.369 e. The van der Waals surface area contributed by atoms with Crippen LogP contribution < -0.4 is 5.73 Å². The van der Waals surface area contributed by atoms with Gasteiger partial charge in [0.2, 0.25) is 5.95 Å². The number of nitrogens with two attached hydrogens (primary N) is 1. The minimum absolute atomic E-state index is 0.396. The molecule has 0 aromatic carbocycles. The molecule has 0 atom stereocenters. The van der Waals surface area contributed by atoms with Gasteiger partial charge in [0, 0.05) is 12.2 Å². The summed E-state index contributed by atoms with van der Waals surface area (Å²) in [6.07, 6.45) is 6.49. The molecule has 1 fully saturated rings. The quantitative estimate of drug-likeness (QED) is 0.919. The zero-order valence-electron chi connectivity index (χ0n) is 11.8. The highest BCUT2D eigenvalue weighted by atomic mass is 15.2. The number of hydrogen-bond acceptors (Lipinski definition) is 3. The average Bonchev–Trinajstić information content (AvgIpc) is 2.98. The SMILES string of the molecule is CCC1(Cn2c(N)nc3ccc(C)nc32)CCCC1. The molecule has 4 nitrogen and oxygen atoms in total. The molecular weight excluding hydrogens is 236 g/mol. The van der Waals surface area contributed by atoms with Crippen molar-refractivity contribution in [3.63, 3.8) is 0 Å². The molecule has 102 valence electrons. The highest BCUT2D eigenvalue weighted by Gasteiger charge is 2.33. The van der Waals surface area contributed by atoms with Gasteiger partial charge in [-0.15, -0.1) is 0 Å². The van der Waals surface area contributed by atoms with Crippen molar-refractivity contribution in [2.45, 2.75) is 52.5 Å². The van der Waals surface area contributed by atoms with Crippen LogP contribution in [0.1, 0.15) is 44.7 Å². The largest absolute Gasteiger partial charge is 0.369 e. The van der Waals surface area contributed by atoms with Crippen LogP contribution in [0.2, 0.25) is 0 Å². The van der Waals surface area contributed by atoms with Gasteiger partial charge >= 0.3 is 0 Å². The molecule has 0 saturated heterocycles. The van der Waals surface area contributed by atoms with Crippen LogP contribution in [0.5, 0.6) is 0 Å². The summed E-state index contributed by atoms with van der Waals surface area (Å²) in [6.45, 7) is 5.26. The zero-order chi connectivity index (χ0) is 13.5. The van der Waals surface area contributed by atoms with Gasteiger partial charge in [0.05, 0.1) is 0 Å². The maximum Gasteiger partial charge on any atom is 0.202 e. The summed E-state index contributed by atoms with van der Waals surface area (Å²) in [5, 5.41) is 0. The maximum atomic E-state index is 6.11. The number of pyridine rings is 1. The molecule has 1 aliphatic rings. The van der Waals surface area contributed by atoms with Gasteiger partial charge in [0.1, 0.15) is 5.52 Å². The number of hydrogen-bond donors (Lipinski definition) is 1. The Balaban J connectivity index is 2.04. The second-order valence-corrected chi connectivity index (χ2v) is 5.91. The van der Waals surface area contributed by atoms with Crippen molar-refractivity contribution < 1.29 is 0 Å². The van der Waals surface area contributed by atoms with E-state index in [1.807, 2.05) is 19.1 Å². The average molecular weight is 258 g/mol. The van der Waals surface area contributed by atoms with Crippen LogP contribution >= 0.6 is 0 Å². The van der Waals surface area contributed by atoms with Gasteiger partial charge in [-0.2, -0.15) is 0 Å². The first-order valence-corrected chi connectivity index (χ1v) is 7.23. The Bertz CT molecular complexity index is 593. The summed E-state index contributed by atoms with van der Waals surface area (Å²) in [4.78, 5) is 9.06. The lowest BCUT2D eigenvalue weighted by Gasteiger charge is -2.28. The number of nitrogen functional groups attached to an aromatic ring is 1.